The fourth-order valence-electron chi connectivity index (χ4n) is 3.15. The highest BCUT2D eigenvalue weighted by Crippen LogP contribution is 2.18. The SMILES string of the molecule is CCOC(=O)Oc1ccc(C(=O)Nc2ccccc2CNC(=O)Cc2ccccc2C)cc1. The molecule has 0 bridgehead atoms. The van der Waals surface area contributed by atoms with Gasteiger partial charge in [0.2, 0.25) is 5.91 Å². The monoisotopic (exact) mass is 446 g/mol. The highest BCUT2D eigenvalue weighted by Gasteiger charge is 2.12. The van der Waals surface area contributed by atoms with Gasteiger partial charge in [0.1, 0.15) is 5.75 Å². The van der Waals surface area contributed by atoms with E-state index in [0.29, 0.717) is 17.7 Å². The lowest BCUT2D eigenvalue weighted by atomic mass is 10.1. The number of anilines is 1. The van der Waals surface area contributed by atoms with Crippen molar-refractivity contribution in [2.24, 2.45) is 0 Å². The number of hydrogen-bond acceptors (Lipinski definition) is 5. The zero-order valence-electron chi connectivity index (χ0n) is 18.6. The average molecular weight is 447 g/mol. The number of ether oxygens (including phenoxy) is 2. The smallest absolute Gasteiger partial charge is 0.434 e. The van der Waals surface area contributed by atoms with Crippen molar-refractivity contribution in [3.63, 3.8) is 0 Å². The Kier molecular flexibility index (Phi) is 8.18. The number of carbonyl (C=O) groups excluding carboxylic acids is 3. The van der Waals surface area contributed by atoms with Crippen molar-refractivity contribution in [3.8, 4) is 5.75 Å². The van der Waals surface area contributed by atoms with Gasteiger partial charge in [0.05, 0.1) is 13.0 Å². The summed E-state index contributed by atoms with van der Waals surface area (Å²) < 4.78 is 9.72. The highest BCUT2D eigenvalue weighted by atomic mass is 16.7. The first-order chi connectivity index (χ1) is 16.0. The van der Waals surface area contributed by atoms with Gasteiger partial charge in [0.25, 0.3) is 5.91 Å². The van der Waals surface area contributed by atoms with E-state index in [0.717, 1.165) is 16.7 Å². The molecule has 3 aromatic carbocycles. The zero-order chi connectivity index (χ0) is 23.6. The largest absolute Gasteiger partial charge is 0.513 e. The second-order valence-electron chi connectivity index (χ2n) is 7.30. The highest BCUT2D eigenvalue weighted by molar-refractivity contribution is 6.04. The molecule has 0 saturated carbocycles. The number of amides is 2. The lowest BCUT2D eigenvalue weighted by molar-refractivity contribution is -0.120. The minimum atomic E-state index is -0.798. The second-order valence-corrected chi connectivity index (χ2v) is 7.30. The fourth-order valence-corrected chi connectivity index (χ4v) is 3.15. The number of benzene rings is 3. The maximum atomic E-state index is 12.7. The first-order valence-corrected chi connectivity index (χ1v) is 10.6. The Bertz CT molecular complexity index is 1130. The minimum absolute atomic E-state index is 0.0948. The molecule has 0 spiro atoms. The molecular weight excluding hydrogens is 420 g/mol. The molecule has 0 heterocycles. The summed E-state index contributed by atoms with van der Waals surface area (Å²) in [6.07, 6.45) is -0.505. The van der Waals surface area contributed by atoms with Crippen molar-refractivity contribution >= 4 is 23.7 Å². The molecule has 170 valence electrons. The Hall–Kier alpha value is -4.13. The Morgan fingerprint density at radius 3 is 2.21 bits per heavy atom. The quantitative estimate of drug-likeness (QED) is 0.388. The van der Waals surface area contributed by atoms with E-state index >= 15 is 0 Å². The molecule has 0 aliphatic rings. The van der Waals surface area contributed by atoms with E-state index in [1.165, 1.54) is 12.1 Å². The van der Waals surface area contributed by atoms with Crippen molar-refractivity contribution in [1.29, 1.82) is 0 Å². The third-order valence-corrected chi connectivity index (χ3v) is 4.93. The summed E-state index contributed by atoms with van der Waals surface area (Å²) in [7, 11) is 0. The van der Waals surface area contributed by atoms with Crippen LogP contribution in [-0.2, 0) is 22.5 Å². The predicted octanol–water partition coefficient (Wildman–Crippen LogP) is 4.64. The third kappa shape index (κ3) is 6.93. The van der Waals surface area contributed by atoms with Crippen LogP contribution >= 0.6 is 0 Å². The molecule has 3 rings (SSSR count). The summed E-state index contributed by atoms with van der Waals surface area (Å²) in [6, 6.07) is 21.2. The molecule has 2 N–H and O–H groups in total. The van der Waals surface area contributed by atoms with Crippen molar-refractivity contribution in [3.05, 3.63) is 95.1 Å². The fraction of sp³-hybridized carbons (Fsp3) is 0.192. The number of carbonyl (C=O) groups is 3. The molecule has 0 atom stereocenters. The Morgan fingerprint density at radius 2 is 1.52 bits per heavy atom. The van der Waals surface area contributed by atoms with Crippen LogP contribution in [0, 0.1) is 6.92 Å². The standard InChI is InChI=1S/C26H26N2O5/c1-3-32-26(31)33-22-14-12-19(13-15-22)25(30)28-23-11-7-6-10-21(23)17-27-24(29)16-20-9-5-4-8-18(20)2/h4-15H,3,16-17H2,1-2H3,(H,27,29)(H,28,30). The van der Waals surface area contributed by atoms with Gasteiger partial charge in [-0.25, -0.2) is 4.79 Å². The third-order valence-electron chi connectivity index (χ3n) is 4.93. The molecule has 0 aliphatic heterocycles. The topological polar surface area (TPSA) is 93.7 Å². The van der Waals surface area contributed by atoms with Crippen molar-refractivity contribution in [1.82, 2.24) is 5.32 Å². The summed E-state index contributed by atoms with van der Waals surface area (Å²) in [5.74, 6) is -0.138. The number of para-hydroxylation sites is 1. The van der Waals surface area contributed by atoms with Gasteiger partial charge in [-0.1, -0.05) is 42.5 Å². The minimum Gasteiger partial charge on any atom is -0.434 e. The van der Waals surface area contributed by atoms with E-state index in [2.05, 4.69) is 10.6 Å². The molecule has 0 radical (unpaired) electrons. The Balaban J connectivity index is 1.59. The lowest BCUT2D eigenvalue weighted by Gasteiger charge is -2.13. The van der Waals surface area contributed by atoms with E-state index in [9.17, 15) is 14.4 Å². The molecule has 3 aromatic rings. The number of nitrogens with one attached hydrogen (secondary N) is 2. The molecular formula is C26H26N2O5. The van der Waals surface area contributed by atoms with Gasteiger partial charge in [0.15, 0.2) is 0 Å². The van der Waals surface area contributed by atoms with E-state index < -0.39 is 6.16 Å². The van der Waals surface area contributed by atoms with E-state index in [1.54, 1.807) is 25.1 Å². The Labute approximate surface area is 192 Å². The molecule has 2 amide bonds. The van der Waals surface area contributed by atoms with Crippen LogP contribution in [0.3, 0.4) is 0 Å². The van der Waals surface area contributed by atoms with Gasteiger partial charge in [-0.3, -0.25) is 9.59 Å². The number of hydrogen-bond donors (Lipinski definition) is 2. The van der Waals surface area contributed by atoms with Gasteiger partial charge in [0, 0.05) is 17.8 Å². The predicted molar refractivity (Wildman–Crippen MR) is 125 cm³/mol. The van der Waals surface area contributed by atoms with Crippen LogP contribution in [-0.4, -0.2) is 24.6 Å². The molecule has 7 heteroatoms. The van der Waals surface area contributed by atoms with E-state index in [-0.39, 0.29) is 30.7 Å². The van der Waals surface area contributed by atoms with Crippen LogP contribution in [0.4, 0.5) is 10.5 Å². The van der Waals surface area contributed by atoms with Crippen LogP contribution in [0.2, 0.25) is 0 Å². The number of aryl methyl sites for hydroxylation is 1. The molecule has 0 aliphatic carbocycles. The molecule has 0 unspecified atom stereocenters. The van der Waals surface area contributed by atoms with Crippen LogP contribution in [0.15, 0.2) is 72.8 Å². The van der Waals surface area contributed by atoms with Crippen molar-refractivity contribution in [2.45, 2.75) is 26.8 Å². The molecule has 0 saturated heterocycles. The van der Waals surface area contributed by atoms with Crippen LogP contribution in [0.25, 0.3) is 0 Å². The maximum absolute atomic E-state index is 12.7. The van der Waals surface area contributed by atoms with Gasteiger partial charge in [-0.05, 0) is 60.9 Å². The van der Waals surface area contributed by atoms with E-state index in [1.807, 2.05) is 49.4 Å². The maximum Gasteiger partial charge on any atom is 0.513 e. The zero-order valence-corrected chi connectivity index (χ0v) is 18.6. The molecule has 0 fully saturated rings. The summed E-state index contributed by atoms with van der Waals surface area (Å²) in [6.45, 7) is 4.16. The van der Waals surface area contributed by atoms with Gasteiger partial charge < -0.3 is 20.1 Å². The van der Waals surface area contributed by atoms with Crippen molar-refractivity contribution in [2.75, 3.05) is 11.9 Å². The van der Waals surface area contributed by atoms with Gasteiger partial charge in [-0.15, -0.1) is 0 Å². The molecule has 7 nitrogen and oxygen atoms in total. The second kappa shape index (κ2) is 11.5. The summed E-state index contributed by atoms with van der Waals surface area (Å²) in [5.41, 5.74) is 3.83. The van der Waals surface area contributed by atoms with Crippen molar-refractivity contribution < 1.29 is 23.9 Å². The van der Waals surface area contributed by atoms with E-state index in [4.69, 9.17) is 9.47 Å². The van der Waals surface area contributed by atoms with Gasteiger partial charge >= 0.3 is 6.16 Å². The van der Waals surface area contributed by atoms with Gasteiger partial charge in [-0.2, -0.15) is 0 Å². The first kappa shape index (κ1) is 23.5. The summed E-state index contributed by atoms with van der Waals surface area (Å²) in [4.78, 5) is 36.5. The summed E-state index contributed by atoms with van der Waals surface area (Å²) in [5, 5.41) is 5.78. The molecule has 0 aromatic heterocycles. The summed E-state index contributed by atoms with van der Waals surface area (Å²) >= 11 is 0. The van der Waals surface area contributed by atoms with Crippen LogP contribution in [0.5, 0.6) is 5.75 Å². The van der Waals surface area contributed by atoms with Crippen LogP contribution < -0.4 is 15.4 Å². The molecule has 33 heavy (non-hydrogen) atoms. The Morgan fingerprint density at radius 1 is 0.848 bits per heavy atom. The normalized spacial score (nSPS) is 10.2. The van der Waals surface area contributed by atoms with Crippen LogP contribution in [0.1, 0.15) is 34.0 Å². The lowest BCUT2D eigenvalue weighted by Crippen LogP contribution is -2.25. The average Bonchev–Trinajstić information content (AvgIpc) is 2.80. The number of rotatable bonds is 8. The first-order valence-electron chi connectivity index (χ1n) is 10.6.